The number of carbonyl (C=O) groups is 1. The van der Waals surface area contributed by atoms with Gasteiger partial charge in [0.1, 0.15) is 12.0 Å². The molecule has 2 rings (SSSR count). The molecule has 19 heavy (non-hydrogen) atoms. The molecule has 0 aliphatic rings. The second-order valence-corrected chi connectivity index (χ2v) is 4.42. The summed E-state index contributed by atoms with van der Waals surface area (Å²) in [5, 5.41) is 12.1. The van der Waals surface area contributed by atoms with Gasteiger partial charge in [-0.15, -0.1) is 0 Å². The van der Waals surface area contributed by atoms with E-state index in [-0.39, 0.29) is 5.56 Å². The average molecular weight is 259 g/mol. The summed E-state index contributed by atoms with van der Waals surface area (Å²) in [5.41, 5.74) is 3.69. The Labute approximate surface area is 112 Å². The largest absolute Gasteiger partial charge is 0.478 e. The minimum absolute atomic E-state index is 0.178. The number of furan rings is 1. The highest BCUT2D eigenvalue weighted by atomic mass is 16.4. The van der Waals surface area contributed by atoms with E-state index >= 15 is 0 Å². The minimum Gasteiger partial charge on any atom is -0.478 e. The number of aromatic carboxylic acids is 1. The van der Waals surface area contributed by atoms with Crippen LogP contribution < -0.4 is 5.32 Å². The second-order valence-electron chi connectivity index (χ2n) is 4.42. The number of hydrogen-bond acceptors (Lipinski definition) is 3. The molecule has 0 saturated carbocycles. The molecule has 0 aliphatic heterocycles. The lowest BCUT2D eigenvalue weighted by molar-refractivity contribution is 0.0696. The van der Waals surface area contributed by atoms with E-state index in [2.05, 4.69) is 18.3 Å². The van der Waals surface area contributed by atoms with Gasteiger partial charge in [0.25, 0.3) is 0 Å². The van der Waals surface area contributed by atoms with Crippen LogP contribution in [0.3, 0.4) is 0 Å². The molecule has 100 valence electrons. The first-order valence-corrected chi connectivity index (χ1v) is 6.25. The van der Waals surface area contributed by atoms with Gasteiger partial charge in [-0.2, -0.15) is 0 Å². The zero-order chi connectivity index (χ0) is 13.8. The molecule has 0 atom stereocenters. The van der Waals surface area contributed by atoms with Crippen molar-refractivity contribution in [1.82, 2.24) is 0 Å². The maximum Gasteiger partial charge on any atom is 0.338 e. The molecule has 1 aromatic heterocycles. The number of aryl methyl sites for hydroxylation is 2. The smallest absolute Gasteiger partial charge is 0.338 e. The van der Waals surface area contributed by atoms with Crippen LogP contribution in [0.4, 0.5) is 5.69 Å². The summed E-state index contributed by atoms with van der Waals surface area (Å²) in [5.74, 6) is -0.358. The van der Waals surface area contributed by atoms with Crippen molar-refractivity contribution in [1.29, 1.82) is 0 Å². The number of carboxylic acids is 1. The van der Waals surface area contributed by atoms with Crippen molar-refractivity contribution in [2.24, 2.45) is 0 Å². The fourth-order valence-electron chi connectivity index (χ4n) is 2.04. The molecule has 2 N–H and O–H groups in total. The first-order chi connectivity index (χ1) is 9.11. The Kier molecular flexibility index (Phi) is 3.90. The predicted octanol–water partition coefficient (Wildman–Crippen LogP) is 3.46. The molecule has 0 unspecified atom stereocenters. The molecule has 1 aromatic carbocycles. The third-order valence-corrected chi connectivity index (χ3v) is 3.08. The van der Waals surface area contributed by atoms with Crippen LogP contribution in [0.15, 0.2) is 34.9 Å². The van der Waals surface area contributed by atoms with Gasteiger partial charge in [0, 0.05) is 5.69 Å². The standard InChI is InChI=1S/C15H17NO3/c1-3-11-6-4-5-10(2)14(11)16-8-13-7-12(9-19-13)15(17)18/h4-7,9,16H,3,8H2,1-2H3,(H,17,18). The number of carboxylic acid groups (broad SMARTS) is 1. The summed E-state index contributed by atoms with van der Waals surface area (Å²) < 4.78 is 5.22. The predicted molar refractivity (Wildman–Crippen MR) is 73.6 cm³/mol. The first kappa shape index (κ1) is 13.2. The molecule has 4 heteroatoms. The zero-order valence-electron chi connectivity index (χ0n) is 11.1. The summed E-state index contributed by atoms with van der Waals surface area (Å²) in [6.45, 7) is 4.63. The number of para-hydroxylation sites is 1. The van der Waals surface area contributed by atoms with Gasteiger partial charge in [-0.1, -0.05) is 25.1 Å². The highest BCUT2D eigenvalue weighted by Crippen LogP contribution is 2.22. The zero-order valence-corrected chi connectivity index (χ0v) is 11.1. The lowest BCUT2D eigenvalue weighted by Crippen LogP contribution is -2.03. The minimum atomic E-state index is -0.972. The maximum atomic E-state index is 10.8. The second kappa shape index (κ2) is 5.61. The molecular formula is C15H17NO3. The topological polar surface area (TPSA) is 62.5 Å². The van der Waals surface area contributed by atoms with Crippen molar-refractivity contribution < 1.29 is 14.3 Å². The maximum absolute atomic E-state index is 10.8. The van der Waals surface area contributed by atoms with Crippen molar-refractivity contribution in [3.05, 3.63) is 53.0 Å². The Bertz CT molecular complexity index is 587. The SMILES string of the molecule is CCc1cccc(C)c1NCc1cc(C(=O)O)co1. The molecule has 2 aromatic rings. The highest BCUT2D eigenvalue weighted by Gasteiger charge is 2.09. The van der Waals surface area contributed by atoms with E-state index in [0.717, 1.165) is 12.1 Å². The molecule has 0 amide bonds. The molecule has 0 aliphatic carbocycles. The molecule has 0 fully saturated rings. The van der Waals surface area contributed by atoms with Gasteiger partial charge in [-0.05, 0) is 30.5 Å². The van der Waals surface area contributed by atoms with Crippen LogP contribution in [0.2, 0.25) is 0 Å². The van der Waals surface area contributed by atoms with Gasteiger partial charge in [0.2, 0.25) is 0 Å². The molecule has 0 radical (unpaired) electrons. The lowest BCUT2D eigenvalue weighted by Gasteiger charge is -2.12. The van der Waals surface area contributed by atoms with Crippen molar-refractivity contribution in [3.8, 4) is 0 Å². The Balaban J connectivity index is 2.12. The average Bonchev–Trinajstić information content (AvgIpc) is 2.86. The van der Waals surface area contributed by atoms with E-state index in [4.69, 9.17) is 9.52 Å². The Morgan fingerprint density at radius 3 is 2.84 bits per heavy atom. The fourth-order valence-corrected chi connectivity index (χ4v) is 2.04. The van der Waals surface area contributed by atoms with Gasteiger partial charge in [-0.3, -0.25) is 0 Å². The van der Waals surface area contributed by atoms with E-state index in [1.807, 2.05) is 19.1 Å². The monoisotopic (exact) mass is 259 g/mol. The summed E-state index contributed by atoms with van der Waals surface area (Å²) in [4.78, 5) is 10.8. The first-order valence-electron chi connectivity index (χ1n) is 6.25. The van der Waals surface area contributed by atoms with Gasteiger partial charge in [0.05, 0.1) is 12.1 Å². The van der Waals surface area contributed by atoms with E-state index < -0.39 is 5.97 Å². The summed E-state index contributed by atoms with van der Waals surface area (Å²) >= 11 is 0. The van der Waals surface area contributed by atoms with E-state index in [9.17, 15) is 4.79 Å². The molecule has 0 bridgehead atoms. The van der Waals surface area contributed by atoms with Crippen LogP contribution in [0.5, 0.6) is 0 Å². The van der Waals surface area contributed by atoms with E-state index in [0.29, 0.717) is 12.3 Å². The molecule has 4 nitrogen and oxygen atoms in total. The highest BCUT2D eigenvalue weighted by molar-refractivity contribution is 5.87. The number of hydrogen-bond donors (Lipinski definition) is 2. The fraction of sp³-hybridized carbons (Fsp3) is 0.267. The third-order valence-electron chi connectivity index (χ3n) is 3.08. The summed E-state index contributed by atoms with van der Waals surface area (Å²) in [6.07, 6.45) is 2.21. The number of anilines is 1. The van der Waals surface area contributed by atoms with Gasteiger partial charge < -0.3 is 14.8 Å². The normalized spacial score (nSPS) is 10.4. The quantitative estimate of drug-likeness (QED) is 0.863. The lowest BCUT2D eigenvalue weighted by atomic mass is 10.1. The van der Waals surface area contributed by atoms with Crippen LogP contribution in [0.1, 0.15) is 34.2 Å². The summed E-state index contributed by atoms with van der Waals surface area (Å²) in [6, 6.07) is 7.71. The molecule has 0 spiro atoms. The number of benzene rings is 1. The molecule has 0 saturated heterocycles. The van der Waals surface area contributed by atoms with Crippen LogP contribution >= 0.6 is 0 Å². The van der Waals surface area contributed by atoms with E-state index in [1.165, 1.54) is 17.4 Å². The van der Waals surface area contributed by atoms with Crippen molar-refractivity contribution >= 4 is 11.7 Å². The van der Waals surface area contributed by atoms with Crippen molar-refractivity contribution in [2.75, 3.05) is 5.32 Å². The van der Waals surface area contributed by atoms with Crippen LogP contribution in [-0.2, 0) is 13.0 Å². The van der Waals surface area contributed by atoms with Gasteiger partial charge >= 0.3 is 5.97 Å². The Morgan fingerprint density at radius 1 is 1.42 bits per heavy atom. The van der Waals surface area contributed by atoms with Crippen LogP contribution in [0.25, 0.3) is 0 Å². The van der Waals surface area contributed by atoms with E-state index in [1.54, 1.807) is 6.07 Å². The van der Waals surface area contributed by atoms with Crippen LogP contribution in [-0.4, -0.2) is 11.1 Å². The summed E-state index contributed by atoms with van der Waals surface area (Å²) in [7, 11) is 0. The van der Waals surface area contributed by atoms with Gasteiger partial charge in [0.15, 0.2) is 0 Å². The van der Waals surface area contributed by atoms with Crippen LogP contribution in [0, 0.1) is 6.92 Å². The van der Waals surface area contributed by atoms with Crippen molar-refractivity contribution in [3.63, 3.8) is 0 Å². The third kappa shape index (κ3) is 2.96. The van der Waals surface area contributed by atoms with Crippen molar-refractivity contribution in [2.45, 2.75) is 26.8 Å². The molecule has 1 heterocycles. The van der Waals surface area contributed by atoms with Gasteiger partial charge in [-0.25, -0.2) is 4.79 Å². The number of rotatable bonds is 5. The Morgan fingerprint density at radius 2 is 2.21 bits per heavy atom. The molecular weight excluding hydrogens is 242 g/mol. The Hall–Kier alpha value is -2.23. The number of nitrogens with one attached hydrogen (secondary N) is 1.